The largest absolute Gasteiger partial charge is 0.383 e. The molecule has 0 saturated heterocycles. The number of rotatable bonds is 6. The summed E-state index contributed by atoms with van der Waals surface area (Å²) in [5, 5.41) is 0.965. The SMILES string of the molecule is Cc1ccccc1CC1CC(c2nc(-c3ccc4ccc(-c5ccccc5)nc4c3)c3cncc(N)n23)(S(=O)(=O)O)C1. The minimum absolute atomic E-state index is 0.0631. The molecule has 8 nitrogen and oxygen atoms in total. The summed E-state index contributed by atoms with van der Waals surface area (Å²) in [5.41, 5.74) is 13.2. The predicted molar refractivity (Wildman–Crippen MR) is 164 cm³/mol. The number of nitrogen functional groups attached to an aromatic ring is 1. The van der Waals surface area contributed by atoms with E-state index in [-0.39, 0.29) is 30.4 Å². The van der Waals surface area contributed by atoms with Crippen LogP contribution in [0.5, 0.6) is 0 Å². The van der Waals surface area contributed by atoms with Gasteiger partial charge in [-0.3, -0.25) is 13.9 Å². The van der Waals surface area contributed by atoms with E-state index in [1.807, 2.05) is 85.8 Å². The number of nitrogens with two attached hydrogens (primary N) is 1. The average Bonchev–Trinajstić information content (AvgIpc) is 3.36. The van der Waals surface area contributed by atoms with Gasteiger partial charge < -0.3 is 5.73 Å². The Balaban J connectivity index is 1.34. The Labute approximate surface area is 243 Å². The van der Waals surface area contributed by atoms with Gasteiger partial charge in [-0.2, -0.15) is 8.42 Å². The maximum Gasteiger partial charge on any atom is 0.278 e. The molecule has 0 bridgehead atoms. The number of hydrogen-bond acceptors (Lipinski definition) is 6. The standard InChI is InChI=1S/C33H29N5O3S/c1-21-7-5-6-10-25(21)15-22-17-33(18-22,42(39,40)41)32-37-31(29-19-35-20-30(34)38(29)32)26-12-11-24-13-14-27(36-28(24)16-26)23-8-3-2-4-9-23/h2-14,16,19-20,22H,15,17-18,34H2,1H3,(H,39,40,41). The molecule has 3 aromatic heterocycles. The third kappa shape index (κ3) is 4.24. The summed E-state index contributed by atoms with van der Waals surface area (Å²) in [6.45, 7) is 2.05. The molecule has 0 spiro atoms. The summed E-state index contributed by atoms with van der Waals surface area (Å²) in [4.78, 5) is 14.1. The van der Waals surface area contributed by atoms with Crippen LogP contribution in [-0.2, 0) is 21.3 Å². The quantitative estimate of drug-likeness (QED) is 0.225. The summed E-state index contributed by atoms with van der Waals surface area (Å²) in [5.74, 6) is 0.520. The van der Waals surface area contributed by atoms with Crippen LogP contribution in [0.15, 0.2) is 97.3 Å². The number of aromatic nitrogens is 4. The lowest BCUT2D eigenvalue weighted by Gasteiger charge is -2.44. The molecule has 0 aliphatic heterocycles. The fourth-order valence-electron chi connectivity index (χ4n) is 6.28. The third-order valence-electron chi connectivity index (χ3n) is 8.52. The zero-order chi connectivity index (χ0) is 29.1. The molecule has 6 aromatic rings. The second kappa shape index (κ2) is 9.75. The maximum absolute atomic E-state index is 13.1. The van der Waals surface area contributed by atoms with Crippen molar-refractivity contribution in [2.45, 2.75) is 30.9 Å². The lowest BCUT2D eigenvalue weighted by molar-refractivity contribution is 0.193. The first-order valence-corrected chi connectivity index (χ1v) is 15.3. The topological polar surface area (TPSA) is 123 Å². The van der Waals surface area contributed by atoms with Crippen LogP contribution >= 0.6 is 0 Å². The summed E-state index contributed by atoms with van der Waals surface area (Å²) in [7, 11) is -4.54. The number of hydrogen-bond donors (Lipinski definition) is 2. The number of aryl methyl sites for hydroxylation is 1. The molecule has 42 heavy (non-hydrogen) atoms. The Bertz CT molecular complexity index is 2080. The van der Waals surface area contributed by atoms with Crippen molar-refractivity contribution in [1.29, 1.82) is 0 Å². The first-order valence-electron chi connectivity index (χ1n) is 13.8. The summed E-state index contributed by atoms with van der Waals surface area (Å²) in [6.07, 6.45) is 4.29. The van der Waals surface area contributed by atoms with Gasteiger partial charge in [-0.25, -0.2) is 9.97 Å². The van der Waals surface area contributed by atoms with E-state index in [0.717, 1.165) is 39.7 Å². The average molecular weight is 576 g/mol. The second-order valence-corrected chi connectivity index (χ2v) is 12.9. The van der Waals surface area contributed by atoms with Crippen molar-refractivity contribution in [3.63, 3.8) is 0 Å². The van der Waals surface area contributed by atoms with Crippen LogP contribution in [0.25, 0.3) is 38.9 Å². The molecule has 3 N–H and O–H groups in total. The minimum atomic E-state index is -4.54. The highest BCUT2D eigenvalue weighted by Crippen LogP contribution is 2.53. The van der Waals surface area contributed by atoms with Crippen LogP contribution in [0.3, 0.4) is 0 Å². The van der Waals surface area contributed by atoms with Gasteiger partial charge in [0.1, 0.15) is 11.6 Å². The highest BCUT2D eigenvalue weighted by atomic mass is 32.2. The van der Waals surface area contributed by atoms with Crippen molar-refractivity contribution in [2.24, 2.45) is 5.92 Å². The molecule has 7 rings (SSSR count). The number of anilines is 1. The first kappa shape index (κ1) is 26.3. The van der Waals surface area contributed by atoms with Gasteiger partial charge in [0, 0.05) is 16.5 Å². The van der Waals surface area contributed by atoms with E-state index in [2.05, 4.69) is 11.1 Å². The smallest absolute Gasteiger partial charge is 0.278 e. The van der Waals surface area contributed by atoms with Gasteiger partial charge >= 0.3 is 0 Å². The second-order valence-electron chi connectivity index (χ2n) is 11.2. The van der Waals surface area contributed by atoms with Crippen LogP contribution in [0.1, 0.15) is 29.8 Å². The monoisotopic (exact) mass is 575 g/mol. The lowest BCUT2D eigenvalue weighted by Crippen LogP contribution is -2.49. The van der Waals surface area contributed by atoms with Gasteiger partial charge in [0.05, 0.1) is 34.8 Å². The van der Waals surface area contributed by atoms with E-state index >= 15 is 0 Å². The number of nitrogens with zero attached hydrogens (tertiary/aromatic N) is 4. The summed E-state index contributed by atoms with van der Waals surface area (Å²) < 4.78 is 36.9. The number of pyridine rings is 1. The zero-order valence-electron chi connectivity index (χ0n) is 23.0. The number of benzene rings is 3. The van der Waals surface area contributed by atoms with E-state index in [1.165, 1.54) is 11.8 Å². The van der Waals surface area contributed by atoms with Crippen molar-refractivity contribution in [2.75, 3.05) is 5.73 Å². The van der Waals surface area contributed by atoms with Gasteiger partial charge in [0.25, 0.3) is 10.1 Å². The fraction of sp³-hybridized carbons (Fsp3) is 0.182. The molecule has 0 atom stereocenters. The van der Waals surface area contributed by atoms with Gasteiger partial charge in [-0.15, -0.1) is 0 Å². The van der Waals surface area contributed by atoms with Gasteiger partial charge in [0.15, 0.2) is 4.75 Å². The van der Waals surface area contributed by atoms with Crippen LogP contribution in [-0.4, -0.2) is 32.3 Å². The van der Waals surface area contributed by atoms with Crippen molar-refractivity contribution in [3.05, 3.63) is 114 Å². The predicted octanol–water partition coefficient (Wildman–Crippen LogP) is 6.24. The first-order chi connectivity index (χ1) is 20.2. The number of fused-ring (bicyclic) bond motifs is 2. The van der Waals surface area contributed by atoms with Gasteiger partial charge in [-0.05, 0) is 55.4 Å². The molecule has 1 aliphatic carbocycles. The molecule has 210 valence electrons. The molecule has 0 unspecified atom stereocenters. The molecular formula is C33H29N5O3S. The van der Waals surface area contributed by atoms with E-state index in [9.17, 15) is 13.0 Å². The van der Waals surface area contributed by atoms with Gasteiger partial charge in [-0.1, -0.05) is 72.8 Å². The summed E-state index contributed by atoms with van der Waals surface area (Å²) in [6, 6.07) is 27.9. The van der Waals surface area contributed by atoms with Crippen molar-refractivity contribution >= 4 is 32.4 Å². The molecule has 0 radical (unpaired) electrons. The van der Waals surface area contributed by atoms with E-state index in [0.29, 0.717) is 11.2 Å². The molecule has 1 saturated carbocycles. The van der Waals surface area contributed by atoms with Crippen LogP contribution in [0.4, 0.5) is 5.82 Å². The highest BCUT2D eigenvalue weighted by Gasteiger charge is 2.58. The van der Waals surface area contributed by atoms with Crippen LogP contribution in [0, 0.1) is 12.8 Å². The Kier molecular flexibility index (Phi) is 6.11. The Morgan fingerprint density at radius 3 is 2.43 bits per heavy atom. The highest BCUT2D eigenvalue weighted by molar-refractivity contribution is 7.86. The Hall–Kier alpha value is -4.60. The van der Waals surface area contributed by atoms with E-state index in [1.54, 1.807) is 10.6 Å². The molecule has 3 heterocycles. The van der Waals surface area contributed by atoms with Crippen LogP contribution < -0.4 is 5.73 Å². The van der Waals surface area contributed by atoms with Crippen molar-refractivity contribution in [3.8, 4) is 22.5 Å². The molecule has 1 aliphatic rings. The maximum atomic E-state index is 13.1. The molecule has 9 heteroatoms. The zero-order valence-corrected chi connectivity index (χ0v) is 23.8. The molecule has 3 aromatic carbocycles. The van der Waals surface area contributed by atoms with Crippen molar-refractivity contribution < 1.29 is 13.0 Å². The number of imidazole rings is 1. The summed E-state index contributed by atoms with van der Waals surface area (Å²) >= 11 is 0. The van der Waals surface area contributed by atoms with Crippen LogP contribution in [0.2, 0.25) is 0 Å². The molecule has 0 amide bonds. The van der Waals surface area contributed by atoms with E-state index in [4.69, 9.17) is 15.7 Å². The third-order valence-corrected chi connectivity index (χ3v) is 10.0. The lowest BCUT2D eigenvalue weighted by atomic mass is 9.70. The Morgan fingerprint density at radius 1 is 0.929 bits per heavy atom. The fourth-order valence-corrected chi connectivity index (χ4v) is 7.54. The minimum Gasteiger partial charge on any atom is -0.383 e. The molecule has 1 fully saturated rings. The molecular weight excluding hydrogens is 546 g/mol. The van der Waals surface area contributed by atoms with Gasteiger partial charge in [0.2, 0.25) is 0 Å². The van der Waals surface area contributed by atoms with Crippen molar-refractivity contribution in [1.82, 2.24) is 19.4 Å². The normalized spacial score (nSPS) is 18.8. The van der Waals surface area contributed by atoms with E-state index < -0.39 is 14.9 Å². The Morgan fingerprint density at radius 2 is 1.67 bits per heavy atom.